The van der Waals surface area contributed by atoms with Gasteiger partial charge in [-0.2, -0.15) is 0 Å². The third-order valence-corrected chi connectivity index (χ3v) is 4.02. The van der Waals surface area contributed by atoms with Crippen molar-refractivity contribution in [2.75, 3.05) is 0 Å². The van der Waals surface area contributed by atoms with Gasteiger partial charge in [-0.1, -0.05) is 12.8 Å². The van der Waals surface area contributed by atoms with E-state index in [-0.39, 0.29) is 0 Å². The van der Waals surface area contributed by atoms with Gasteiger partial charge in [-0.05, 0) is 24.7 Å². The van der Waals surface area contributed by atoms with E-state index >= 15 is 0 Å². The molecule has 1 aromatic heterocycles. The van der Waals surface area contributed by atoms with Crippen molar-refractivity contribution in [2.45, 2.75) is 37.6 Å². The smallest absolute Gasteiger partial charge is 0.0952 e. The second-order valence-corrected chi connectivity index (χ2v) is 4.82. The van der Waals surface area contributed by atoms with Gasteiger partial charge in [0.25, 0.3) is 0 Å². The van der Waals surface area contributed by atoms with Crippen molar-refractivity contribution in [2.24, 2.45) is 11.8 Å². The fraction of sp³-hybridized carbons (Fsp3) is 0.727. The maximum atomic E-state index is 5.74. The molecule has 0 aromatic carbocycles. The number of fused-ring (bicyclic) bond motifs is 1. The molecule has 76 valence electrons. The lowest BCUT2D eigenvalue weighted by Gasteiger charge is -2.04. The molecule has 0 saturated heterocycles. The van der Waals surface area contributed by atoms with Crippen LogP contribution in [0.5, 0.6) is 0 Å². The van der Waals surface area contributed by atoms with E-state index in [1.165, 1.54) is 25.7 Å². The topological polar surface area (TPSA) is 17.8 Å². The standard InChI is InChI=1S/C11H15ClN2/c12-5-8-6-14(7-13-8)11-9-3-1-2-4-10(9)11/h6-7,9-11H,1-5H2. The second-order valence-electron chi connectivity index (χ2n) is 4.55. The lowest BCUT2D eigenvalue weighted by molar-refractivity contribution is 0.480. The van der Waals surface area contributed by atoms with Gasteiger partial charge in [0.15, 0.2) is 0 Å². The molecule has 2 aliphatic carbocycles. The average molecular weight is 211 g/mol. The maximum Gasteiger partial charge on any atom is 0.0952 e. The molecule has 0 N–H and O–H groups in total. The Morgan fingerprint density at radius 1 is 1.36 bits per heavy atom. The highest BCUT2D eigenvalue weighted by molar-refractivity contribution is 6.16. The quantitative estimate of drug-likeness (QED) is 0.687. The summed E-state index contributed by atoms with van der Waals surface area (Å²) >= 11 is 5.74. The van der Waals surface area contributed by atoms with Gasteiger partial charge < -0.3 is 4.57 Å². The fourth-order valence-electron chi connectivity index (χ4n) is 3.01. The first kappa shape index (κ1) is 8.78. The van der Waals surface area contributed by atoms with Gasteiger partial charge in [0.05, 0.1) is 17.9 Å². The van der Waals surface area contributed by atoms with E-state index < -0.39 is 0 Å². The molecule has 1 heterocycles. The number of halogens is 1. The molecule has 0 amide bonds. The minimum atomic E-state index is 0.537. The van der Waals surface area contributed by atoms with E-state index in [1.807, 2.05) is 6.33 Å². The molecule has 1 aromatic rings. The van der Waals surface area contributed by atoms with Crippen LogP contribution >= 0.6 is 11.6 Å². The molecular weight excluding hydrogens is 196 g/mol. The van der Waals surface area contributed by atoms with Crippen LogP contribution in [0.1, 0.15) is 37.4 Å². The number of imidazole rings is 1. The summed E-state index contributed by atoms with van der Waals surface area (Å²) in [7, 11) is 0. The predicted octanol–water partition coefficient (Wildman–Crippen LogP) is 2.98. The summed E-state index contributed by atoms with van der Waals surface area (Å²) < 4.78 is 2.29. The minimum absolute atomic E-state index is 0.537. The van der Waals surface area contributed by atoms with Crippen LogP contribution in [0.4, 0.5) is 0 Å². The van der Waals surface area contributed by atoms with Crippen molar-refractivity contribution in [3.8, 4) is 0 Å². The monoisotopic (exact) mass is 210 g/mol. The summed E-state index contributed by atoms with van der Waals surface area (Å²) in [6.07, 6.45) is 9.77. The molecule has 0 radical (unpaired) electrons. The largest absolute Gasteiger partial charge is 0.334 e. The first-order chi connectivity index (χ1) is 6.90. The Labute approximate surface area is 89.3 Å². The Balaban J connectivity index is 1.77. The van der Waals surface area contributed by atoms with Crippen LogP contribution in [0.25, 0.3) is 0 Å². The normalized spacial score (nSPS) is 35.4. The molecule has 3 heteroatoms. The second kappa shape index (κ2) is 3.27. The number of hydrogen-bond donors (Lipinski definition) is 0. The van der Waals surface area contributed by atoms with Crippen LogP contribution in [0.15, 0.2) is 12.5 Å². The van der Waals surface area contributed by atoms with Crippen LogP contribution in [0.2, 0.25) is 0 Å². The summed E-state index contributed by atoms with van der Waals surface area (Å²) in [6, 6.07) is 0.752. The van der Waals surface area contributed by atoms with Crippen molar-refractivity contribution in [1.29, 1.82) is 0 Å². The van der Waals surface area contributed by atoms with E-state index in [0.717, 1.165) is 23.6 Å². The summed E-state index contributed by atoms with van der Waals surface area (Å²) in [5.74, 6) is 2.43. The first-order valence-electron chi connectivity index (χ1n) is 5.48. The molecular formula is C11H15ClN2. The number of nitrogens with zero attached hydrogens (tertiary/aromatic N) is 2. The molecule has 14 heavy (non-hydrogen) atoms. The predicted molar refractivity (Wildman–Crippen MR) is 56.3 cm³/mol. The SMILES string of the molecule is ClCc1cn(C2C3CCCCC32)cn1. The molecule has 3 rings (SSSR count). The number of hydrogen-bond acceptors (Lipinski definition) is 1. The summed E-state index contributed by atoms with van der Waals surface area (Å²) in [5.41, 5.74) is 1.01. The van der Waals surface area contributed by atoms with Crippen molar-refractivity contribution in [1.82, 2.24) is 9.55 Å². The van der Waals surface area contributed by atoms with E-state index in [0.29, 0.717) is 5.88 Å². The zero-order valence-corrected chi connectivity index (χ0v) is 8.95. The third kappa shape index (κ3) is 1.28. The molecule has 2 aliphatic rings. The highest BCUT2D eigenvalue weighted by Gasteiger charge is 2.51. The van der Waals surface area contributed by atoms with Crippen LogP contribution in [0.3, 0.4) is 0 Å². The van der Waals surface area contributed by atoms with Gasteiger partial charge in [-0.15, -0.1) is 11.6 Å². The molecule has 0 bridgehead atoms. The zero-order chi connectivity index (χ0) is 9.54. The molecule has 2 atom stereocenters. The van der Waals surface area contributed by atoms with Gasteiger partial charge in [0, 0.05) is 12.2 Å². The third-order valence-electron chi connectivity index (χ3n) is 3.75. The molecule has 0 aliphatic heterocycles. The van der Waals surface area contributed by atoms with Gasteiger partial charge in [-0.3, -0.25) is 0 Å². The zero-order valence-electron chi connectivity index (χ0n) is 8.19. The average Bonchev–Trinajstić information content (AvgIpc) is 2.77. The van der Waals surface area contributed by atoms with Crippen molar-refractivity contribution < 1.29 is 0 Å². The number of aromatic nitrogens is 2. The number of alkyl halides is 1. The van der Waals surface area contributed by atoms with Gasteiger partial charge in [0.2, 0.25) is 0 Å². The Bertz CT molecular complexity index is 322. The Hall–Kier alpha value is -0.500. The summed E-state index contributed by atoms with van der Waals surface area (Å²) in [4.78, 5) is 4.28. The maximum absolute atomic E-state index is 5.74. The highest BCUT2D eigenvalue weighted by Crippen LogP contribution is 2.58. The van der Waals surface area contributed by atoms with Gasteiger partial charge >= 0.3 is 0 Å². The van der Waals surface area contributed by atoms with Crippen molar-refractivity contribution >= 4 is 11.6 Å². The lowest BCUT2D eigenvalue weighted by Crippen LogP contribution is -1.92. The minimum Gasteiger partial charge on any atom is -0.334 e. The van der Waals surface area contributed by atoms with Crippen LogP contribution < -0.4 is 0 Å². The van der Waals surface area contributed by atoms with E-state index in [1.54, 1.807) is 0 Å². The fourth-order valence-corrected chi connectivity index (χ4v) is 3.15. The lowest BCUT2D eigenvalue weighted by atomic mass is 10.0. The van der Waals surface area contributed by atoms with Crippen LogP contribution in [-0.2, 0) is 5.88 Å². The van der Waals surface area contributed by atoms with E-state index in [4.69, 9.17) is 11.6 Å². The molecule has 0 spiro atoms. The molecule has 2 fully saturated rings. The van der Waals surface area contributed by atoms with Crippen molar-refractivity contribution in [3.05, 3.63) is 18.2 Å². The van der Waals surface area contributed by atoms with Crippen molar-refractivity contribution in [3.63, 3.8) is 0 Å². The van der Waals surface area contributed by atoms with E-state index in [2.05, 4.69) is 15.7 Å². The summed E-state index contributed by atoms with van der Waals surface area (Å²) in [6.45, 7) is 0. The first-order valence-corrected chi connectivity index (χ1v) is 6.02. The summed E-state index contributed by atoms with van der Waals surface area (Å²) in [5, 5.41) is 0. The Kier molecular flexibility index (Phi) is 2.05. The molecule has 2 saturated carbocycles. The van der Waals surface area contributed by atoms with Crippen LogP contribution in [-0.4, -0.2) is 9.55 Å². The molecule has 2 unspecified atom stereocenters. The molecule has 2 nitrogen and oxygen atoms in total. The Morgan fingerprint density at radius 3 is 2.64 bits per heavy atom. The Morgan fingerprint density at radius 2 is 2.07 bits per heavy atom. The van der Waals surface area contributed by atoms with Gasteiger partial charge in [-0.25, -0.2) is 4.98 Å². The van der Waals surface area contributed by atoms with E-state index in [9.17, 15) is 0 Å². The van der Waals surface area contributed by atoms with Gasteiger partial charge in [0.1, 0.15) is 0 Å². The highest BCUT2D eigenvalue weighted by atomic mass is 35.5. The van der Waals surface area contributed by atoms with Crippen LogP contribution in [0, 0.1) is 11.8 Å². The number of rotatable bonds is 2.